The van der Waals surface area contributed by atoms with Crippen LogP contribution < -0.4 is 5.32 Å². The van der Waals surface area contributed by atoms with E-state index in [2.05, 4.69) is 5.32 Å². The van der Waals surface area contributed by atoms with E-state index in [0.29, 0.717) is 13.0 Å². The molecule has 0 fully saturated rings. The fraction of sp³-hybridized carbons (Fsp3) is 0.800. The number of hydrogen-bond donors (Lipinski definition) is 4. The Balaban J connectivity index is 4.38. The maximum absolute atomic E-state index is 11.7. The van der Waals surface area contributed by atoms with Crippen LogP contribution in [0, 0.1) is 0 Å². The third kappa shape index (κ3) is 6.08. The van der Waals surface area contributed by atoms with Crippen LogP contribution in [0.4, 0.5) is 4.79 Å². The molecule has 4 N–H and O–H groups in total. The number of urea groups is 1. The normalized spacial score (nSPS) is 11.9. The van der Waals surface area contributed by atoms with E-state index in [1.807, 2.05) is 6.92 Å². The summed E-state index contributed by atoms with van der Waals surface area (Å²) in [4.78, 5) is 23.8. The number of aliphatic carboxylic acids is 1. The second-order valence-electron chi connectivity index (χ2n) is 3.56. The molecule has 0 aliphatic heterocycles. The van der Waals surface area contributed by atoms with Crippen molar-refractivity contribution >= 4 is 12.0 Å². The van der Waals surface area contributed by atoms with Gasteiger partial charge in [-0.05, 0) is 6.42 Å². The lowest BCUT2D eigenvalue weighted by atomic mass is 10.2. The third-order valence-corrected chi connectivity index (χ3v) is 2.16. The Morgan fingerprint density at radius 1 is 1.24 bits per heavy atom. The highest BCUT2D eigenvalue weighted by Crippen LogP contribution is 1.97. The van der Waals surface area contributed by atoms with Crippen LogP contribution in [0.25, 0.3) is 0 Å². The maximum Gasteiger partial charge on any atom is 0.326 e. The van der Waals surface area contributed by atoms with Gasteiger partial charge in [-0.15, -0.1) is 0 Å². The SMILES string of the molecule is CCCN(CCO)C(=O)NC(CCO)C(=O)O. The topological polar surface area (TPSA) is 110 Å². The van der Waals surface area contributed by atoms with Crippen molar-refractivity contribution in [3.05, 3.63) is 0 Å². The molecule has 2 amide bonds. The van der Waals surface area contributed by atoms with Crippen molar-refractivity contribution in [2.75, 3.05) is 26.3 Å². The number of rotatable bonds is 8. The van der Waals surface area contributed by atoms with Gasteiger partial charge in [0.1, 0.15) is 6.04 Å². The Morgan fingerprint density at radius 3 is 2.29 bits per heavy atom. The second-order valence-corrected chi connectivity index (χ2v) is 3.56. The van der Waals surface area contributed by atoms with Crippen molar-refractivity contribution in [2.45, 2.75) is 25.8 Å². The lowest BCUT2D eigenvalue weighted by molar-refractivity contribution is -0.139. The highest BCUT2D eigenvalue weighted by Gasteiger charge is 2.21. The summed E-state index contributed by atoms with van der Waals surface area (Å²) >= 11 is 0. The molecule has 0 saturated carbocycles. The molecule has 7 heteroatoms. The quantitative estimate of drug-likeness (QED) is 0.451. The highest BCUT2D eigenvalue weighted by molar-refractivity contribution is 5.82. The number of carboxylic acid groups (broad SMARTS) is 1. The Morgan fingerprint density at radius 2 is 1.88 bits per heavy atom. The van der Waals surface area contributed by atoms with Crippen LogP contribution in [0.15, 0.2) is 0 Å². The van der Waals surface area contributed by atoms with E-state index in [-0.39, 0.29) is 26.2 Å². The molecule has 100 valence electrons. The zero-order chi connectivity index (χ0) is 13.3. The van der Waals surface area contributed by atoms with Gasteiger partial charge in [-0.2, -0.15) is 0 Å². The summed E-state index contributed by atoms with van der Waals surface area (Å²) in [7, 11) is 0. The summed E-state index contributed by atoms with van der Waals surface area (Å²) in [5.41, 5.74) is 0. The zero-order valence-corrected chi connectivity index (χ0v) is 9.93. The molecule has 0 aromatic heterocycles. The number of nitrogens with zero attached hydrogens (tertiary/aromatic N) is 1. The summed E-state index contributed by atoms with van der Waals surface area (Å²) in [5.74, 6) is -1.19. The van der Waals surface area contributed by atoms with Crippen molar-refractivity contribution in [3.8, 4) is 0 Å². The minimum Gasteiger partial charge on any atom is -0.480 e. The number of nitrogens with one attached hydrogen (secondary N) is 1. The second kappa shape index (κ2) is 8.77. The molecule has 0 heterocycles. The fourth-order valence-electron chi connectivity index (χ4n) is 1.33. The molecular weight excluding hydrogens is 228 g/mol. The summed E-state index contributed by atoms with van der Waals surface area (Å²) in [6, 6.07) is -1.65. The molecule has 0 saturated heterocycles. The third-order valence-electron chi connectivity index (χ3n) is 2.16. The van der Waals surface area contributed by atoms with Crippen LogP contribution in [0.1, 0.15) is 19.8 Å². The fourth-order valence-corrected chi connectivity index (χ4v) is 1.33. The van der Waals surface area contributed by atoms with Gasteiger partial charge >= 0.3 is 12.0 Å². The average molecular weight is 248 g/mol. The van der Waals surface area contributed by atoms with Gasteiger partial charge in [0, 0.05) is 26.1 Å². The van der Waals surface area contributed by atoms with Crippen LogP contribution in [-0.2, 0) is 4.79 Å². The lowest BCUT2D eigenvalue weighted by Gasteiger charge is -2.23. The summed E-state index contributed by atoms with van der Waals surface area (Å²) in [6.07, 6.45) is 0.672. The number of hydrogen-bond acceptors (Lipinski definition) is 4. The first-order valence-corrected chi connectivity index (χ1v) is 5.56. The van der Waals surface area contributed by atoms with Gasteiger partial charge < -0.3 is 25.5 Å². The Bertz CT molecular complexity index is 241. The minimum atomic E-state index is -1.19. The average Bonchev–Trinajstić information content (AvgIpc) is 2.28. The molecule has 0 spiro atoms. The first-order valence-electron chi connectivity index (χ1n) is 5.56. The standard InChI is InChI=1S/C10H20N2O5/c1-2-4-12(5-7-14)10(17)11-8(3-6-13)9(15)16/h8,13-14H,2-7H2,1H3,(H,11,17)(H,15,16). The van der Waals surface area contributed by atoms with Crippen LogP contribution in [0.5, 0.6) is 0 Å². The molecule has 0 rings (SSSR count). The largest absolute Gasteiger partial charge is 0.480 e. The predicted molar refractivity (Wildman–Crippen MR) is 60.6 cm³/mol. The molecule has 0 bridgehead atoms. The Hall–Kier alpha value is -1.34. The summed E-state index contributed by atoms with van der Waals surface area (Å²) in [5, 5.41) is 28.6. The molecule has 17 heavy (non-hydrogen) atoms. The van der Waals surface area contributed by atoms with Crippen molar-refractivity contribution in [2.24, 2.45) is 0 Å². The minimum absolute atomic E-state index is 0.0415. The molecule has 1 atom stereocenters. The van der Waals surface area contributed by atoms with E-state index in [0.717, 1.165) is 0 Å². The predicted octanol–water partition coefficient (Wildman–Crippen LogP) is -0.764. The van der Waals surface area contributed by atoms with Crippen molar-refractivity contribution in [1.82, 2.24) is 10.2 Å². The molecule has 0 aliphatic carbocycles. The van der Waals surface area contributed by atoms with Crippen LogP contribution in [0.3, 0.4) is 0 Å². The van der Waals surface area contributed by atoms with Gasteiger partial charge in [0.15, 0.2) is 0 Å². The first-order chi connectivity index (χ1) is 8.06. The maximum atomic E-state index is 11.7. The number of aliphatic hydroxyl groups is 2. The molecule has 0 aromatic carbocycles. The molecular formula is C10H20N2O5. The van der Waals surface area contributed by atoms with Gasteiger partial charge in [-0.1, -0.05) is 6.92 Å². The zero-order valence-electron chi connectivity index (χ0n) is 9.93. The van der Waals surface area contributed by atoms with Gasteiger partial charge in [-0.25, -0.2) is 9.59 Å². The molecule has 7 nitrogen and oxygen atoms in total. The van der Waals surface area contributed by atoms with E-state index >= 15 is 0 Å². The van der Waals surface area contributed by atoms with Crippen LogP contribution >= 0.6 is 0 Å². The summed E-state index contributed by atoms with van der Waals surface area (Å²) in [6.45, 7) is 1.99. The van der Waals surface area contributed by atoms with Gasteiger partial charge in [0.25, 0.3) is 0 Å². The van der Waals surface area contributed by atoms with Gasteiger partial charge in [0.05, 0.1) is 6.61 Å². The molecule has 1 unspecified atom stereocenters. The monoisotopic (exact) mass is 248 g/mol. The first kappa shape index (κ1) is 15.7. The van der Waals surface area contributed by atoms with E-state index < -0.39 is 18.0 Å². The van der Waals surface area contributed by atoms with Gasteiger partial charge in [0.2, 0.25) is 0 Å². The Labute approximate surface area is 100 Å². The van der Waals surface area contributed by atoms with Gasteiger partial charge in [-0.3, -0.25) is 0 Å². The Kier molecular flexibility index (Phi) is 8.08. The van der Waals surface area contributed by atoms with E-state index in [9.17, 15) is 9.59 Å². The van der Waals surface area contributed by atoms with Crippen molar-refractivity contribution in [1.29, 1.82) is 0 Å². The number of amides is 2. The van der Waals surface area contributed by atoms with Crippen LogP contribution in [-0.4, -0.2) is 64.6 Å². The molecule has 0 radical (unpaired) electrons. The van der Waals surface area contributed by atoms with Crippen molar-refractivity contribution < 1.29 is 24.9 Å². The van der Waals surface area contributed by atoms with E-state index in [4.69, 9.17) is 15.3 Å². The number of aliphatic hydroxyl groups excluding tert-OH is 2. The van der Waals surface area contributed by atoms with E-state index in [1.165, 1.54) is 4.90 Å². The van der Waals surface area contributed by atoms with Crippen molar-refractivity contribution in [3.63, 3.8) is 0 Å². The smallest absolute Gasteiger partial charge is 0.326 e. The van der Waals surface area contributed by atoms with E-state index in [1.54, 1.807) is 0 Å². The number of carbonyl (C=O) groups excluding carboxylic acids is 1. The summed E-state index contributed by atoms with van der Waals surface area (Å²) < 4.78 is 0. The number of carbonyl (C=O) groups is 2. The molecule has 0 aromatic rings. The highest BCUT2D eigenvalue weighted by atomic mass is 16.4. The van der Waals surface area contributed by atoms with Crippen LogP contribution in [0.2, 0.25) is 0 Å². The lowest BCUT2D eigenvalue weighted by Crippen LogP contribution is -2.49. The molecule has 0 aliphatic rings. The number of carboxylic acids is 1.